The fourth-order valence-corrected chi connectivity index (χ4v) is 1.97. The van der Waals surface area contributed by atoms with Gasteiger partial charge in [0.25, 0.3) is 0 Å². The molecular formula is C16H22Cl2N4O2. The third-order valence-corrected chi connectivity index (χ3v) is 3.53. The Bertz CT molecular complexity index is 689. The molecule has 132 valence electrons. The van der Waals surface area contributed by atoms with Gasteiger partial charge in [-0.25, -0.2) is 0 Å². The summed E-state index contributed by atoms with van der Waals surface area (Å²) in [6, 6.07) is 9.04. The number of nitrogens with two attached hydrogens (primary N) is 1. The molecule has 1 aromatic carbocycles. The molecule has 0 saturated carbocycles. The monoisotopic (exact) mass is 372 g/mol. The van der Waals surface area contributed by atoms with Crippen LogP contribution in [0.25, 0.3) is 10.9 Å². The summed E-state index contributed by atoms with van der Waals surface area (Å²) in [5, 5.41) is 6.28. The van der Waals surface area contributed by atoms with Crippen molar-refractivity contribution in [2.24, 2.45) is 11.7 Å². The van der Waals surface area contributed by atoms with Gasteiger partial charge in [0, 0.05) is 23.5 Å². The lowest BCUT2D eigenvalue weighted by Crippen LogP contribution is -2.41. The highest BCUT2D eigenvalue weighted by Gasteiger charge is 2.17. The van der Waals surface area contributed by atoms with Gasteiger partial charge in [-0.15, -0.1) is 24.8 Å². The van der Waals surface area contributed by atoms with E-state index >= 15 is 0 Å². The van der Waals surface area contributed by atoms with E-state index in [2.05, 4.69) is 15.6 Å². The van der Waals surface area contributed by atoms with E-state index in [0.717, 1.165) is 5.39 Å². The number of carbonyl (C=O) groups is 2. The molecule has 2 atom stereocenters. The number of nitrogens with zero attached hydrogens (tertiary/aromatic N) is 1. The van der Waals surface area contributed by atoms with E-state index in [4.69, 9.17) is 5.73 Å². The first-order chi connectivity index (χ1) is 10.5. The van der Waals surface area contributed by atoms with Crippen molar-refractivity contribution >= 4 is 53.2 Å². The fraction of sp³-hybridized carbons (Fsp3) is 0.312. The molecule has 0 radical (unpaired) electrons. The van der Waals surface area contributed by atoms with E-state index in [1.165, 1.54) is 0 Å². The number of anilines is 1. The topological polar surface area (TPSA) is 97.1 Å². The number of nitrogens with one attached hydrogen (secondary N) is 2. The number of para-hydroxylation sites is 1. The van der Waals surface area contributed by atoms with E-state index in [9.17, 15) is 9.59 Å². The molecule has 6 nitrogen and oxygen atoms in total. The lowest BCUT2D eigenvalue weighted by Gasteiger charge is -2.15. The van der Waals surface area contributed by atoms with Crippen molar-refractivity contribution in [2.45, 2.75) is 19.9 Å². The van der Waals surface area contributed by atoms with Crippen LogP contribution in [0.2, 0.25) is 0 Å². The first-order valence-electron chi connectivity index (χ1n) is 7.16. The number of halogens is 2. The Morgan fingerprint density at radius 3 is 2.50 bits per heavy atom. The summed E-state index contributed by atoms with van der Waals surface area (Å²) in [5.74, 6) is -0.878. The smallest absolute Gasteiger partial charge is 0.243 e. The number of hydrogen-bond acceptors (Lipinski definition) is 4. The van der Waals surface area contributed by atoms with Crippen molar-refractivity contribution in [3.05, 3.63) is 36.5 Å². The molecular weight excluding hydrogens is 351 g/mol. The molecule has 0 aliphatic heterocycles. The average molecular weight is 373 g/mol. The van der Waals surface area contributed by atoms with Crippen LogP contribution in [-0.4, -0.2) is 29.4 Å². The number of carbonyl (C=O) groups excluding carboxylic acids is 2. The molecule has 0 aliphatic rings. The molecule has 1 heterocycles. The predicted octanol–water partition coefficient (Wildman–Crippen LogP) is 2.12. The lowest BCUT2D eigenvalue weighted by atomic mass is 10.0. The molecule has 8 heteroatoms. The second-order valence-electron chi connectivity index (χ2n) is 5.29. The van der Waals surface area contributed by atoms with Crippen molar-refractivity contribution in [2.75, 3.05) is 11.9 Å². The summed E-state index contributed by atoms with van der Waals surface area (Å²) in [6.45, 7) is 3.39. The zero-order chi connectivity index (χ0) is 16.1. The molecule has 2 aromatic rings. The maximum Gasteiger partial charge on any atom is 0.243 e. The Morgan fingerprint density at radius 2 is 1.83 bits per heavy atom. The molecule has 0 saturated heterocycles. The second-order valence-corrected chi connectivity index (χ2v) is 5.29. The van der Waals surface area contributed by atoms with Crippen LogP contribution >= 0.6 is 24.8 Å². The largest absolute Gasteiger partial charge is 0.347 e. The second kappa shape index (κ2) is 10.1. The summed E-state index contributed by atoms with van der Waals surface area (Å²) in [5.41, 5.74) is 7.00. The molecule has 0 aliphatic carbocycles. The standard InChI is InChI=1S/C16H20N4O2.2ClH/c1-10(11(2)17)16(22)19-9-14(21)20-13-7-3-5-12-6-4-8-18-15(12)13;;/h3-8,10-11H,9,17H2,1-2H3,(H,19,22)(H,20,21);2*1H. The minimum absolute atomic E-state index is 0. The number of rotatable bonds is 5. The van der Waals surface area contributed by atoms with Crippen LogP contribution in [0.4, 0.5) is 5.69 Å². The molecule has 0 bridgehead atoms. The summed E-state index contributed by atoms with van der Waals surface area (Å²) in [7, 11) is 0. The third-order valence-electron chi connectivity index (χ3n) is 3.53. The Kier molecular flexibility index (Phi) is 9.28. The maximum atomic E-state index is 12.0. The van der Waals surface area contributed by atoms with E-state index < -0.39 is 0 Å². The normalized spacial score (nSPS) is 12.3. The van der Waals surface area contributed by atoms with Crippen molar-refractivity contribution < 1.29 is 9.59 Å². The lowest BCUT2D eigenvalue weighted by molar-refractivity contribution is -0.127. The van der Waals surface area contributed by atoms with Crippen LogP contribution in [-0.2, 0) is 9.59 Å². The number of aromatic nitrogens is 1. The summed E-state index contributed by atoms with van der Waals surface area (Å²) >= 11 is 0. The molecule has 24 heavy (non-hydrogen) atoms. The SMILES string of the molecule is CC(N)C(C)C(=O)NCC(=O)Nc1cccc2cccnc12.Cl.Cl. The predicted molar refractivity (Wildman–Crippen MR) is 101 cm³/mol. The highest BCUT2D eigenvalue weighted by atomic mass is 35.5. The molecule has 2 rings (SSSR count). The molecule has 2 unspecified atom stereocenters. The van der Waals surface area contributed by atoms with E-state index in [1.54, 1.807) is 26.1 Å². The zero-order valence-corrected chi connectivity index (χ0v) is 15.1. The highest BCUT2D eigenvalue weighted by Crippen LogP contribution is 2.20. The Hall–Kier alpha value is -1.89. The zero-order valence-electron chi connectivity index (χ0n) is 13.5. The van der Waals surface area contributed by atoms with Gasteiger partial charge in [-0.2, -0.15) is 0 Å². The van der Waals surface area contributed by atoms with Crippen LogP contribution in [0.5, 0.6) is 0 Å². The van der Waals surface area contributed by atoms with Crippen LogP contribution < -0.4 is 16.4 Å². The van der Waals surface area contributed by atoms with Crippen LogP contribution in [0.15, 0.2) is 36.5 Å². The van der Waals surface area contributed by atoms with Crippen molar-refractivity contribution in [3.63, 3.8) is 0 Å². The molecule has 4 N–H and O–H groups in total. The first kappa shape index (κ1) is 22.1. The van der Waals surface area contributed by atoms with Gasteiger partial charge >= 0.3 is 0 Å². The summed E-state index contributed by atoms with van der Waals surface area (Å²) < 4.78 is 0. The molecule has 0 spiro atoms. The average Bonchev–Trinajstić information content (AvgIpc) is 2.52. The van der Waals surface area contributed by atoms with Gasteiger partial charge in [0.2, 0.25) is 11.8 Å². The van der Waals surface area contributed by atoms with Gasteiger partial charge in [0.05, 0.1) is 17.7 Å². The number of fused-ring (bicyclic) bond motifs is 1. The number of hydrogen-bond donors (Lipinski definition) is 3. The Balaban J connectivity index is 0.00000264. The summed E-state index contributed by atoms with van der Waals surface area (Å²) in [6.07, 6.45) is 1.67. The third kappa shape index (κ3) is 5.63. The van der Waals surface area contributed by atoms with Gasteiger partial charge in [-0.05, 0) is 19.1 Å². The van der Waals surface area contributed by atoms with Gasteiger partial charge < -0.3 is 16.4 Å². The van der Waals surface area contributed by atoms with Crippen molar-refractivity contribution in [3.8, 4) is 0 Å². The van der Waals surface area contributed by atoms with Crippen LogP contribution in [0, 0.1) is 5.92 Å². The molecule has 0 fully saturated rings. The van der Waals surface area contributed by atoms with E-state index in [-0.39, 0.29) is 55.1 Å². The van der Waals surface area contributed by atoms with Gasteiger partial charge in [-0.1, -0.05) is 25.1 Å². The van der Waals surface area contributed by atoms with Crippen LogP contribution in [0.3, 0.4) is 0 Å². The minimum atomic E-state index is -0.341. The number of amides is 2. The van der Waals surface area contributed by atoms with Gasteiger partial charge in [0.15, 0.2) is 0 Å². The fourth-order valence-electron chi connectivity index (χ4n) is 1.97. The van der Waals surface area contributed by atoms with Gasteiger partial charge in [-0.3, -0.25) is 14.6 Å². The van der Waals surface area contributed by atoms with E-state index in [0.29, 0.717) is 11.2 Å². The molecule has 2 amide bonds. The quantitative estimate of drug-likeness (QED) is 0.748. The number of pyridine rings is 1. The maximum absolute atomic E-state index is 12.0. The highest BCUT2D eigenvalue weighted by molar-refractivity contribution is 6.01. The summed E-state index contributed by atoms with van der Waals surface area (Å²) in [4.78, 5) is 28.0. The Labute approximate surface area is 153 Å². The van der Waals surface area contributed by atoms with Crippen molar-refractivity contribution in [1.29, 1.82) is 0 Å². The first-order valence-corrected chi connectivity index (χ1v) is 7.16. The van der Waals surface area contributed by atoms with Crippen molar-refractivity contribution in [1.82, 2.24) is 10.3 Å². The molecule has 1 aromatic heterocycles. The number of benzene rings is 1. The van der Waals surface area contributed by atoms with E-state index in [1.807, 2.05) is 24.3 Å². The Morgan fingerprint density at radius 1 is 1.17 bits per heavy atom. The van der Waals surface area contributed by atoms with Crippen LogP contribution in [0.1, 0.15) is 13.8 Å². The minimum Gasteiger partial charge on any atom is -0.347 e. The van der Waals surface area contributed by atoms with Gasteiger partial charge in [0.1, 0.15) is 0 Å².